The molecule has 0 spiro atoms. The minimum absolute atomic E-state index is 0.878. The molecule has 25 heavy (non-hydrogen) atoms. The van der Waals surface area contributed by atoms with Gasteiger partial charge in [0.2, 0.25) is 0 Å². The topological polar surface area (TPSA) is 54.8 Å². The van der Waals surface area contributed by atoms with Gasteiger partial charge in [-0.05, 0) is 44.4 Å². The molecule has 0 unspecified atom stereocenters. The summed E-state index contributed by atoms with van der Waals surface area (Å²) in [4.78, 5) is 22.4. The summed E-state index contributed by atoms with van der Waals surface area (Å²) in [5.74, 6) is 1.05. The molecule has 0 N–H and O–H groups in total. The van der Waals surface area contributed by atoms with Gasteiger partial charge >= 0.3 is 0 Å². The number of aromatic nitrogens is 4. The summed E-state index contributed by atoms with van der Waals surface area (Å²) < 4.78 is 0. The second-order valence-electron chi connectivity index (χ2n) is 5.90. The van der Waals surface area contributed by atoms with E-state index in [4.69, 9.17) is 4.98 Å². The summed E-state index contributed by atoms with van der Waals surface area (Å²) in [6, 6.07) is 10.2. The van der Waals surface area contributed by atoms with E-state index in [0.717, 1.165) is 44.2 Å². The van der Waals surface area contributed by atoms with Gasteiger partial charge in [0.05, 0.1) is 5.52 Å². The molecule has 4 aromatic rings. The van der Waals surface area contributed by atoms with E-state index < -0.39 is 0 Å². The van der Waals surface area contributed by atoms with Gasteiger partial charge in [-0.3, -0.25) is 0 Å². The van der Waals surface area contributed by atoms with E-state index in [1.807, 2.05) is 23.9 Å². The Morgan fingerprint density at radius 1 is 1.08 bits per heavy atom. The second kappa shape index (κ2) is 7.03. The first-order chi connectivity index (χ1) is 12.2. The van der Waals surface area contributed by atoms with Crippen LogP contribution in [-0.4, -0.2) is 51.2 Å². The fourth-order valence-corrected chi connectivity index (χ4v) is 4.49. The van der Waals surface area contributed by atoms with Gasteiger partial charge in [0, 0.05) is 28.8 Å². The van der Waals surface area contributed by atoms with E-state index in [1.165, 1.54) is 4.90 Å². The Labute approximate surface area is 154 Å². The van der Waals surface area contributed by atoms with Gasteiger partial charge in [-0.15, -0.1) is 11.8 Å². The number of rotatable bonds is 5. The Kier molecular flexibility index (Phi) is 4.61. The number of nitrogens with zero attached hydrogens (tertiary/aromatic N) is 5. The summed E-state index contributed by atoms with van der Waals surface area (Å²) in [7, 11) is 4.18. The third-order valence-electron chi connectivity index (χ3n) is 3.78. The molecule has 0 aliphatic rings. The molecule has 3 heterocycles. The van der Waals surface area contributed by atoms with Gasteiger partial charge in [-0.25, -0.2) is 19.9 Å². The van der Waals surface area contributed by atoms with E-state index in [-0.39, 0.29) is 0 Å². The molecule has 0 aliphatic carbocycles. The molecule has 0 bridgehead atoms. The number of benzene rings is 1. The van der Waals surface area contributed by atoms with Crippen LogP contribution in [0.5, 0.6) is 0 Å². The number of hydrogen-bond donors (Lipinski definition) is 0. The summed E-state index contributed by atoms with van der Waals surface area (Å²) in [5, 5.41) is 1.92. The zero-order valence-electron chi connectivity index (χ0n) is 14.0. The molecular formula is C18H17N5S2. The molecule has 5 nitrogen and oxygen atoms in total. The zero-order valence-corrected chi connectivity index (χ0v) is 15.6. The van der Waals surface area contributed by atoms with Gasteiger partial charge in [-0.1, -0.05) is 11.3 Å². The van der Waals surface area contributed by atoms with Crippen molar-refractivity contribution in [3.05, 3.63) is 42.9 Å². The lowest BCUT2D eigenvalue weighted by atomic mass is 10.2. The second-order valence-corrected chi connectivity index (χ2v) is 8.05. The summed E-state index contributed by atoms with van der Waals surface area (Å²) in [5.41, 5.74) is 2.73. The summed E-state index contributed by atoms with van der Waals surface area (Å²) >= 11 is 3.41. The van der Waals surface area contributed by atoms with E-state index in [2.05, 4.69) is 52.1 Å². The van der Waals surface area contributed by atoms with Crippen LogP contribution in [0.15, 0.2) is 47.8 Å². The molecule has 0 saturated heterocycles. The predicted molar refractivity (Wildman–Crippen MR) is 105 cm³/mol. The minimum atomic E-state index is 0.878. The average molecular weight is 368 g/mol. The highest BCUT2D eigenvalue weighted by Crippen LogP contribution is 2.33. The fourth-order valence-electron chi connectivity index (χ4n) is 2.51. The highest BCUT2D eigenvalue weighted by molar-refractivity contribution is 7.99. The Hall–Kier alpha value is -2.09. The maximum atomic E-state index is 4.70. The Morgan fingerprint density at radius 3 is 2.84 bits per heavy atom. The van der Waals surface area contributed by atoms with Crippen LogP contribution in [0.4, 0.5) is 0 Å². The van der Waals surface area contributed by atoms with Crippen molar-refractivity contribution in [2.75, 3.05) is 26.4 Å². The number of pyridine rings is 1. The quantitative estimate of drug-likeness (QED) is 0.498. The Morgan fingerprint density at radius 2 is 2.00 bits per heavy atom. The van der Waals surface area contributed by atoms with E-state index >= 15 is 0 Å². The highest BCUT2D eigenvalue weighted by atomic mass is 32.2. The smallest absolute Gasteiger partial charge is 0.145 e. The molecule has 4 rings (SSSR count). The van der Waals surface area contributed by atoms with Gasteiger partial charge in [0.1, 0.15) is 27.4 Å². The first-order valence-corrected chi connectivity index (χ1v) is 9.75. The van der Waals surface area contributed by atoms with Crippen molar-refractivity contribution in [1.29, 1.82) is 0 Å². The Balaban J connectivity index is 1.75. The van der Waals surface area contributed by atoms with Gasteiger partial charge < -0.3 is 4.90 Å². The van der Waals surface area contributed by atoms with Crippen LogP contribution in [0.1, 0.15) is 0 Å². The lowest BCUT2D eigenvalue weighted by Gasteiger charge is -2.09. The predicted octanol–water partition coefficient (Wildman–Crippen LogP) is 3.96. The van der Waals surface area contributed by atoms with Crippen molar-refractivity contribution in [1.82, 2.24) is 24.8 Å². The molecular weight excluding hydrogens is 350 g/mol. The van der Waals surface area contributed by atoms with Crippen LogP contribution in [0.25, 0.3) is 32.0 Å². The number of fused-ring (bicyclic) bond motifs is 2. The number of thioether (sulfide) groups is 1. The van der Waals surface area contributed by atoms with E-state index in [1.54, 1.807) is 23.9 Å². The highest BCUT2D eigenvalue weighted by Gasteiger charge is 2.13. The fraction of sp³-hybridized carbons (Fsp3) is 0.222. The maximum Gasteiger partial charge on any atom is 0.145 e. The Bertz CT molecular complexity index is 995. The molecule has 0 saturated carbocycles. The van der Waals surface area contributed by atoms with Crippen LogP contribution in [0.3, 0.4) is 0 Å². The van der Waals surface area contributed by atoms with Crippen LogP contribution < -0.4 is 0 Å². The zero-order chi connectivity index (χ0) is 17.2. The standard InChI is InChI=1S/C18H17N5S2/c1-23(2)8-9-24-12-5-6-14-13(10-12)16(21-11-20-14)18-22-15-4-3-7-19-17(15)25-18/h3-7,10-11H,8-9H2,1-2H3. The first-order valence-electron chi connectivity index (χ1n) is 7.95. The molecule has 0 aliphatic heterocycles. The van der Waals surface area contributed by atoms with Crippen molar-refractivity contribution in [2.45, 2.75) is 4.90 Å². The molecule has 0 radical (unpaired) electrons. The van der Waals surface area contributed by atoms with Crippen molar-refractivity contribution in [3.63, 3.8) is 0 Å². The molecule has 7 heteroatoms. The van der Waals surface area contributed by atoms with Crippen LogP contribution in [0, 0.1) is 0 Å². The molecule has 0 atom stereocenters. The molecule has 0 fully saturated rings. The van der Waals surface area contributed by atoms with Gasteiger partial charge in [0.15, 0.2) is 0 Å². The minimum Gasteiger partial charge on any atom is -0.309 e. The van der Waals surface area contributed by atoms with Gasteiger partial charge in [0.25, 0.3) is 0 Å². The van der Waals surface area contributed by atoms with Crippen LogP contribution >= 0.6 is 23.1 Å². The lowest BCUT2D eigenvalue weighted by molar-refractivity contribution is 0.437. The third kappa shape index (κ3) is 3.49. The van der Waals surface area contributed by atoms with Gasteiger partial charge in [-0.2, -0.15) is 0 Å². The van der Waals surface area contributed by atoms with Crippen LogP contribution in [0.2, 0.25) is 0 Å². The third-order valence-corrected chi connectivity index (χ3v) is 5.74. The normalized spacial score (nSPS) is 11.6. The van der Waals surface area contributed by atoms with E-state index in [9.17, 15) is 0 Å². The monoisotopic (exact) mass is 367 g/mol. The first kappa shape index (κ1) is 16.4. The molecule has 1 aromatic carbocycles. The van der Waals surface area contributed by atoms with Crippen LogP contribution in [-0.2, 0) is 0 Å². The number of thiazole rings is 1. The summed E-state index contributed by atoms with van der Waals surface area (Å²) in [6.45, 7) is 1.05. The van der Waals surface area contributed by atoms with E-state index in [0.29, 0.717) is 0 Å². The molecule has 0 amide bonds. The lowest BCUT2D eigenvalue weighted by Crippen LogP contribution is -2.14. The summed E-state index contributed by atoms with van der Waals surface area (Å²) in [6.07, 6.45) is 3.40. The largest absolute Gasteiger partial charge is 0.309 e. The van der Waals surface area contributed by atoms with Crippen molar-refractivity contribution >= 4 is 44.3 Å². The molecule has 3 aromatic heterocycles. The van der Waals surface area contributed by atoms with Crippen molar-refractivity contribution < 1.29 is 0 Å². The van der Waals surface area contributed by atoms with Crippen molar-refractivity contribution in [3.8, 4) is 10.7 Å². The maximum absolute atomic E-state index is 4.70. The van der Waals surface area contributed by atoms with Crippen molar-refractivity contribution in [2.24, 2.45) is 0 Å². The SMILES string of the molecule is CN(C)CCSc1ccc2ncnc(-c3nc4cccnc4s3)c2c1. The average Bonchev–Trinajstić information content (AvgIpc) is 3.04. The molecule has 126 valence electrons. The number of hydrogen-bond acceptors (Lipinski definition) is 7.